The van der Waals surface area contributed by atoms with Crippen molar-refractivity contribution in [2.45, 2.75) is 12.8 Å². The molecule has 0 bridgehead atoms. The van der Waals surface area contributed by atoms with Crippen molar-refractivity contribution < 1.29 is 4.39 Å². The Bertz CT molecular complexity index is 1020. The van der Waals surface area contributed by atoms with Gasteiger partial charge in [-0.3, -0.25) is 10.1 Å². The number of aromatic amines is 1. The van der Waals surface area contributed by atoms with Crippen LogP contribution in [0.4, 0.5) is 21.6 Å². The van der Waals surface area contributed by atoms with E-state index >= 15 is 0 Å². The average molecular weight is 391 g/mol. The van der Waals surface area contributed by atoms with E-state index in [9.17, 15) is 4.39 Å². The number of nitrogens with zero attached hydrogens (tertiary/aromatic N) is 4. The molecule has 1 aliphatic heterocycles. The summed E-state index contributed by atoms with van der Waals surface area (Å²) in [6.45, 7) is 10.1. The van der Waals surface area contributed by atoms with E-state index in [2.05, 4.69) is 48.9 Å². The van der Waals surface area contributed by atoms with Gasteiger partial charge < -0.3 is 15.5 Å². The molecule has 7 nitrogen and oxygen atoms in total. The van der Waals surface area contributed by atoms with Gasteiger partial charge in [0, 0.05) is 36.7 Å². The maximum Gasteiger partial charge on any atom is 0.142 e. The molecular formula is C21H22FN7. The van der Waals surface area contributed by atoms with E-state index < -0.39 is 5.82 Å². The van der Waals surface area contributed by atoms with E-state index in [-0.39, 0.29) is 0 Å². The Balaban J connectivity index is 1.43. The lowest BCUT2D eigenvalue weighted by Crippen LogP contribution is -2.18. The number of H-pyrrole nitrogens is 1. The molecule has 0 aromatic carbocycles. The molecule has 0 atom stereocenters. The summed E-state index contributed by atoms with van der Waals surface area (Å²) in [6.07, 6.45) is 8.59. The minimum Gasteiger partial charge on any atom is -0.357 e. The molecule has 1 saturated heterocycles. The van der Waals surface area contributed by atoms with E-state index in [4.69, 9.17) is 0 Å². The molecule has 4 heterocycles. The van der Waals surface area contributed by atoms with Gasteiger partial charge in [0.1, 0.15) is 17.3 Å². The van der Waals surface area contributed by atoms with E-state index in [1.54, 1.807) is 18.6 Å². The van der Waals surface area contributed by atoms with Crippen molar-refractivity contribution in [3.8, 4) is 0 Å². The second kappa shape index (κ2) is 8.14. The summed E-state index contributed by atoms with van der Waals surface area (Å²) >= 11 is 0. The van der Waals surface area contributed by atoms with Crippen LogP contribution in [0.2, 0.25) is 0 Å². The van der Waals surface area contributed by atoms with Gasteiger partial charge in [0.25, 0.3) is 0 Å². The molecule has 0 spiro atoms. The smallest absolute Gasteiger partial charge is 0.142 e. The van der Waals surface area contributed by atoms with Gasteiger partial charge in [-0.25, -0.2) is 9.37 Å². The molecule has 3 N–H and O–H groups in total. The van der Waals surface area contributed by atoms with E-state index in [1.807, 2.05) is 12.1 Å². The Morgan fingerprint density at radius 2 is 1.90 bits per heavy atom. The van der Waals surface area contributed by atoms with Crippen molar-refractivity contribution in [2.75, 3.05) is 28.6 Å². The number of halogens is 1. The molecule has 3 aromatic heterocycles. The maximum absolute atomic E-state index is 13.4. The third-order valence-corrected chi connectivity index (χ3v) is 4.74. The lowest BCUT2D eigenvalue weighted by molar-refractivity contribution is 0.621. The molecule has 0 radical (unpaired) electrons. The summed E-state index contributed by atoms with van der Waals surface area (Å²) in [5, 5.41) is 13.4. The summed E-state index contributed by atoms with van der Waals surface area (Å²) < 4.78 is 13.4. The lowest BCUT2D eigenvalue weighted by Gasteiger charge is -2.17. The highest BCUT2D eigenvalue weighted by molar-refractivity contribution is 5.84. The van der Waals surface area contributed by atoms with Gasteiger partial charge in [-0.2, -0.15) is 5.10 Å². The first-order valence-electron chi connectivity index (χ1n) is 9.38. The van der Waals surface area contributed by atoms with Gasteiger partial charge in [-0.15, -0.1) is 0 Å². The minimum absolute atomic E-state index is 0.422. The highest BCUT2D eigenvalue weighted by Gasteiger charge is 2.14. The Morgan fingerprint density at radius 3 is 2.62 bits per heavy atom. The molecule has 0 unspecified atom stereocenters. The monoisotopic (exact) mass is 391 g/mol. The fourth-order valence-corrected chi connectivity index (χ4v) is 3.25. The Labute approximate surface area is 168 Å². The number of aromatic nitrogens is 4. The lowest BCUT2D eigenvalue weighted by atomic mass is 10.2. The van der Waals surface area contributed by atoms with Crippen LogP contribution in [0.25, 0.3) is 11.4 Å². The van der Waals surface area contributed by atoms with Gasteiger partial charge in [-0.05, 0) is 31.0 Å². The molecule has 148 valence electrons. The molecule has 29 heavy (non-hydrogen) atoms. The molecule has 0 amide bonds. The summed E-state index contributed by atoms with van der Waals surface area (Å²) in [5.74, 6) is 0.564. The number of rotatable bonds is 7. The second-order valence-electron chi connectivity index (χ2n) is 6.85. The predicted octanol–water partition coefficient (Wildman–Crippen LogP) is 4.10. The van der Waals surface area contributed by atoms with Crippen LogP contribution < -0.4 is 15.5 Å². The predicted molar refractivity (Wildman–Crippen MR) is 114 cm³/mol. The summed E-state index contributed by atoms with van der Waals surface area (Å²) in [5.41, 5.74) is 3.73. The summed E-state index contributed by atoms with van der Waals surface area (Å²) in [6, 6.07) is 5.34. The summed E-state index contributed by atoms with van der Waals surface area (Å²) in [7, 11) is 0. The second-order valence-corrected chi connectivity index (χ2v) is 6.85. The first-order valence-corrected chi connectivity index (χ1v) is 9.38. The van der Waals surface area contributed by atoms with Crippen molar-refractivity contribution in [3.05, 3.63) is 73.2 Å². The third-order valence-electron chi connectivity index (χ3n) is 4.74. The van der Waals surface area contributed by atoms with Gasteiger partial charge in [-0.1, -0.05) is 13.2 Å². The molecule has 0 saturated carbocycles. The van der Waals surface area contributed by atoms with E-state index in [0.29, 0.717) is 28.3 Å². The maximum atomic E-state index is 13.4. The van der Waals surface area contributed by atoms with Crippen molar-refractivity contribution >= 4 is 28.6 Å². The normalized spacial score (nSPS) is 13.3. The molecule has 3 aromatic rings. The summed E-state index contributed by atoms with van der Waals surface area (Å²) in [4.78, 5) is 10.7. The average Bonchev–Trinajstić information content (AvgIpc) is 3.41. The third kappa shape index (κ3) is 4.26. The van der Waals surface area contributed by atoms with Crippen LogP contribution in [-0.2, 0) is 0 Å². The number of hydrogen-bond donors (Lipinski definition) is 3. The zero-order chi connectivity index (χ0) is 20.2. The fraction of sp³-hybridized carbons (Fsp3) is 0.190. The largest absolute Gasteiger partial charge is 0.357 e. The highest BCUT2D eigenvalue weighted by atomic mass is 19.1. The zero-order valence-electron chi connectivity index (χ0n) is 16.0. The topological polar surface area (TPSA) is 81.8 Å². The Hall–Kier alpha value is -3.68. The SMILES string of the molecule is C=C(Nc1c[nH]nc1C(=C)Nc1ccc(N2CCCC2)nc1)c1cncc(F)c1. The zero-order valence-corrected chi connectivity index (χ0v) is 16.0. The van der Waals surface area contributed by atoms with Gasteiger partial charge in [0.2, 0.25) is 0 Å². The fourth-order valence-electron chi connectivity index (χ4n) is 3.25. The number of nitrogens with one attached hydrogen (secondary N) is 3. The molecule has 0 aliphatic carbocycles. The van der Waals surface area contributed by atoms with Gasteiger partial charge in [0.05, 0.1) is 29.5 Å². The van der Waals surface area contributed by atoms with Crippen LogP contribution in [0.3, 0.4) is 0 Å². The van der Waals surface area contributed by atoms with Crippen molar-refractivity contribution in [1.29, 1.82) is 0 Å². The Kier molecular flexibility index (Phi) is 5.24. The number of hydrogen-bond acceptors (Lipinski definition) is 6. The molecular weight excluding hydrogens is 369 g/mol. The van der Waals surface area contributed by atoms with Crippen molar-refractivity contribution in [2.24, 2.45) is 0 Å². The standard InChI is InChI=1S/C21H22FN7/c1-14(16-9-17(22)11-23-10-16)27-19-13-25-28-21(19)15(2)26-18-5-6-20(24-12-18)29-7-3-4-8-29/h5-6,9-13,26-27H,1-4,7-8H2,(H,25,28). The number of pyridine rings is 2. The van der Waals surface area contributed by atoms with Crippen LogP contribution in [0, 0.1) is 5.82 Å². The first-order chi connectivity index (χ1) is 14.1. The van der Waals surface area contributed by atoms with Crippen LogP contribution >= 0.6 is 0 Å². The van der Waals surface area contributed by atoms with Crippen LogP contribution in [0.15, 0.2) is 56.1 Å². The molecule has 8 heteroatoms. The molecule has 1 aliphatic rings. The minimum atomic E-state index is -0.422. The van der Waals surface area contributed by atoms with Crippen LogP contribution in [-0.4, -0.2) is 33.3 Å². The first kappa shape index (κ1) is 18.7. The van der Waals surface area contributed by atoms with Crippen LogP contribution in [0.1, 0.15) is 24.1 Å². The van der Waals surface area contributed by atoms with Crippen molar-refractivity contribution in [3.63, 3.8) is 0 Å². The molecule has 4 rings (SSSR count). The van der Waals surface area contributed by atoms with Crippen LogP contribution in [0.5, 0.6) is 0 Å². The van der Waals surface area contributed by atoms with Gasteiger partial charge >= 0.3 is 0 Å². The quantitative estimate of drug-likeness (QED) is 0.562. The van der Waals surface area contributed by atoms with E-state index in [1.165, 1.54) is 18.9 Å². The number of anilines is 3. The van der Waals surface area contributed by atoms with Crippen molar-refractivity contribution in [1.82, 2.24) is 20.2 Å². The van der Waals surface area contributed by atoms with E-state index in [0.717, 1.165) is 30.8 Å². The van der Waals surface area contributed by atoms with Gasteiger partial charge in [0.15, 0.2) is 0 Å². The molecule has 1 fully saturated rings. The highest BCUT2D eigenvalue weighted by Crippen LogP contribution is 2.26. The Morgan fingerprint density at radius 1 is 1.07 bits per heavy atom.